The highest BCUT2D eigenvalue weighted by Gasteiger charge is 2.31. The zero-order chi connectivity index (χ0) is 13.1. The summed E-state index contributed by atoms with van der Waals surface area (Å²) in [5.41, 5.74) is 0.987. The van der Waals surface area contributed by atoms with Gasteiger partial charge in [0.05, 0.1) is 5.92 Å². The summed E-state index contributed by atoms with van der Waals surface area (Å²) in [6, 6.07) is 4.43. The van der Waals surface area contributed by atoms with Crippen LogP contribution in [0.1, 0.15) is 32.3 Å². The number of nitrogens with one attached hydrogen (secondary N) is 1. The second-order valence-electron chi connectivity index (χ2n) is 5.02. The van der Waals surface area contributed by atoms with Gasteiger partial charge < -0.3 is 10.2 Å². The zero-order valence-electron chi connectivity index (χ0n) is 11.3. The van der Waals surface area contributed by atoms with Crippen LogP contribution in [0.3, 0.4) is 0 Å². The van der Waals surface area contributed by atoms with Gasteiger partial charge in [-0.2, -0.15) is 0 Å². The summed E-state index contributed by atoms with van der Waals surface area (Å²) in [6.07, 6.45) is 3.51. The van der Waals surface area contributed by atoms with Gasteiger partial charge in [-0.15, -0.1) is 0 Å². The van der Waals surface area contributed by atoms with Gasteiger partial charge >= 0.3 is 0 Å². The molecule has 0 bridgehead atoms. The molecule has 98 valence electrons. The molecular weight excluding hydrogens is 226 g/mol. The maximum Gasteiger partial charge on any atom is 0.230 e. The number of piperazine rings is 1. The van der Waals surface area contributed by atoms with Gasteiger partial charge in [-0.1, -0.05) is 6.07 Å². The number of pyridine rings is 1. The van der Waals surface area contributed by atoms with Crippen LogP contribution in [0.2, 0.25) is 0 Å². The van der Waals surface area contributed by atoms with Crippen LogP contribution in [0.15, 0.2) is 24.5 Å². The third-order valence-corrected chi connectivity index (χ3v) is 3.87. The van der Waals surface area contributed by atoms with Gasteiger partial charge in [0.25, 0.3) is 0 Å². The fourth-order valence-corrected chi connectivity index (χ4v) is 2.39. The van der Waals surface area contributed by atoms with Crippen LogP contribution in [0, 0.1) is 0 Å². The Morgan fingerprint density at radius 1 is 1.56 bits per heavy atom. The first-order valence-electron chi connectivity index (χ1n) is 6.55. The molecule has 0 aromatic carbocycles. The Hall–Kier alpha value is -1.42. The number of hydrogen-bond acceptors (Lipinski definition) is 3. The second-order valence-corrected chi connectivity index (χ2v) is 5.02. The average Bonchev–Trinajstić information content (AvgIpc) is 2.41. The van der Waals surface area contributed by atoms with Gasteiger partial charge in [-0.25, -0.2) is 0 Å². The van der Waals surface area contributed by atoms with E-state index < -0.39 is 0 Å². The number of nitrogens with zero attached hydrogens (tertiary/aromatic N) is 2. The third kappa shape index (κ3) is 2.53. The minimum Gasteiger partial charge on any atom is -0.337 e. The largest absolute Gasteiger partial charge is 0.337 e. The number of aromatic nitrogens is 1. The van der Waals surface area contributed by atoms with Gasteiger partial charge in [0, 0.05) is 37.6 Å². The number of carbonyl (C=O) groups excluding carboxylic acids is 1. The van der Waals surface area contributed by atoms with Crippen LogP contribution in [-0.2, 0) is 4.79 Å². The van der Waals surface area contributed by atoms with Gasteiger partial charge in [0.1, 0.15) is 0 Å². The molecule has 3 atom stereocenters. The van der Waals surface area contributed by atoms with E-state index in [1.807, 2.05) is 24.0 Å². The van der Waals surface area contributed by atoms with Crippen LogP contribution >= 0.6 is 0 Å². The molecule has 2 heterocycles. The summed E-state index contributed by atoms with van der Waals surface area (Å²) in [5.74, 6) is 0.0790. The van der Waals surface area contributed by atoms with Gasteiger partial charge in [0.15, 0.2) is 0 Å². The summed E-state index contributed by atoms with van der Waals surface area (Å²) < 4.78 is 0. The van der Waals surface area contributed by atoms with E-state index in [2.05, 4.69) is 24.1 Å². The van der Waals surface area contributed by atoms with Crippen LogP contribution in [0.5, 0.6) is 0 Å². The molecule has 1 saturated heterocycles. The molecule has 1 fully saturated rings. The van der Waals surface area contributed by atoms with Gasteiger partial charge in [-0.3, -0.25) is 9.78 Å². The molecule has 4 heteroatoms. The van der Waals surface area contributed by atoms with Crippen LogP contribution in [0.4, 0.5) is 0 Å². The minimum atomic E-state index is -0.119. The lowest BCUT2D eigenvalue weighted by atomic mass is 9.98. The molecule has 1 aromatic rings. The van der Waals surface area contributed by atoms with Crippen molar-refractivity contribution in [2.45, 2.75) is 38.8 Å². The van der Waals surface area contributed by atoms with Crippen LogP contribution < -0.4 is 5.32 Å². The first kappa shape index (κ1) is 13.0. The molecule has 18 heavy (non-hydrogen) atoms. The van der Waals surface area contributed by atoms with E-state index in [0.29, 0.717) is 6.04 Å². The molecule has 1 aliphatic heterocycles. The Balaban J connectivity index is 2.11. The topological polar surface area (TPSA) is 45.2 Å². The van der Waals surface area contributed by atoms with Crippen molar-refractivity contribution in [3.63, 3.8) is 0 Å². The quantitative estimate of drug-likeness (QED) is 0.859. The number of amides is 1. The molecule has 1 N–H and O–H groups in total. The lowest BCUT2D eigenvalue weighted by Crippen LogP contribution is -2.57. The highest BCUT2D eigenvalue weighted by Crippen LogP contribution is 2.20. The van der Waals surface area contributed by atoms with Crippen molar-refractivity contribution < 1.29 is 4.79 Å². The maximum atomic E-state index is 12.5. The van der Waals surface area contributed by atoms with E-state index >= 15 is 0 Å². The Morgan fingerprint density at radius 3 is 3.00 bits per heavy atom. The fourth-order valence-electron chi connectivity index (χ4n) is 2.39. The molecule has 1 amide bonds. The monoisotopic (exact) mass is 247 g/mol. The van der Waals surface area contributed by atoms with Crippen molar-refractivity contribution in [1.82, 2.24) is 15.2 Å². The molecule has 1 aliphatic rings. The van der Waals surface area contributed by atoms with Crippen molar-refractivity contribution in [1.29, 1.82) is 0 Å². The lowest BCUT2D eigenvalue weighted by molar-refractivity contribution is -0.136. The van der Waals surface area contributed by atoms with E-state index in [1.54, 1.807) is 12.4 Å². The summed E-state index contributed by atoms with van der Waals surface area (Å²) in [4.78, 5) is 18.6. The van der Waals surface area contributed by atoms with E-state index in [-0.39, 0.29) is 17.9 Å². The summed E-state index contributed by atoms with van der Waals surface area (Å²) >= 11 is 0. The highest BCUT2D eigenvalue weighted by molar-refractivity contribution is 5.83. The summed E-state index contributed by atoms with van der Waals surface area (Å²) in [5, 5.41) is 3.39. The van der Waals surface area contributed by atoms with Crippen molar-refractivity contribution in [2.24, 2.45) is 0 Å². The first-order chi connectivity index (χ1) is 8.61. The zero-order valence-corrected chi connectivity index (χ0v) is 11.3. The Morgan fingerprint density at radius 2 is 2.33 bits per heavy atom. The second kappa shape index (κ2) is 5.48. The predicted molar refractivity (Wildman–Crippen MR) is 71.3 cm³/mol. The highest BCUT2D eigenvalue weighted by atomic mass is 16.2. The van der Waals surface area contributed by atoms with Crippen LogP contribution in [-0.4, -0.2) is 41.0 Å². The van der Waals surface area contributed by atoms with Crippen LogP contribution in [0.25, 0.3) is 0 Å². The molecule has 2 rings (SSSR count). The van der Waals surface area contributed by atoms with E-state index in [9.17, 15) is 4.79 Å². The summed E-state index contributed by atoms with van der Waals surface area (Å²) in [6.45, 7) is 7.84. The van der Waals surface area contributed by atoms with E-state index in [4.69, 9.17) is 0 Å². The van der Waals surface area contributed by atoms with E-state index in [1.165, 1.54) is 0 Å². The average molecular weight is 247 g/mol. The maximum absolute atomic E-state index is 12.5. The molecule has 3 unspecified atom stereocenters. The van der Waals surface area contributed by atoms with Gasteiger partial charge in [0.2, 0.25) is 5.91 Å². The Kier molecular flexibility index (Phi) is 3.97. The Bertz CT molecular complexity index is 407. The van der Waals surface area contributed by atoms with Crippen molar-refractivity contribution in [3.8, 4) is 0 Å². The molecule has 0 saturated carbocycles. The third-order valence-electron chi connectivity index (χ3n) is 3.87. The molecule has 0 aliphatic carbocycles. The molecule has 1 aromatic heterocycles. The van der Waals surface area contributed by atoms with E-state index in [0.717, 1.165) is 18.7 Å². The van der Waals surface area contributed by atoms with Crippen molar-refractivity contribution >= 4 is 5.91 Å². The van der Waals surface area contributed by atoms with Crippen molar-refractivity contribution in [2.75, 3.05) is 13.1 Å². The molecular formula is C14H21N3O. The SMILES string of the molecule is CC(C(=O)N1CCNC(C)C1C)c1cccnc1. The number of hydrogen-bond donors (Lipinski definition) is 1. The fraction of sp³-hybridized carbons (Fsp3) is 0.571. The molecule has 0 spiro atoms. The lowest BCUT2D eigenvalue weighted by Gasteiger charge is -2.39. The number of rotatable bonds is 2. The smallest absolute Gasteiger partial charge is 0.230 e. The minimum absolute atomic E-state index is 0.119. The van der Waals surface area contributed by atoms with Crippen molar-refractivity contribution in [3.05, 3.63) is 30.1 Å². The first-order valence-corrected chi connectivity index (χ1v) is 6.55. The normalized spacial score (nSPS) is 25.8. The molecule has 0 radical (unpaired) electrons. The summed E-state index contributed by atoms with van der Waals surface area (Å²) in [7, 11) is 0. The molecule has 4 nitrogen and oxygen atoms in total. The van der Waals surface area contributed by atoms with Gasteiger partial charge in [-0.05, 0) is 32.4 Å². The predicted octanol–water partition coefficient (Wildman–Crippen LogP) is 1.39. The standard InChI is InChI=1S/C14H21N3O/c1-10(13-5-4-6-15-9-13)14(18)17-8-7-16-11(2)12(17)3/h4-6,9-12,16H,7-8H2,1-3H3. The number of carbonyl (C=O) groups is 1. The Labute approximate surface area is 108 Å².